The fraction of sp³-hybridized carbons (Fsp3) is 0.188. The summed E-state index contributed by atoms with van der Waals surface area (Å²) < 4.78 is 1.11. The first-order valence-electron chi connectivity index (χ1n) is 6.34. The van der Waals surface area contributed by atoms with Gasteiger partial charge in [-0.25, -0.2) is 0 Å². The molecule has 0 atom stereocenters. The van der Waals surface area contributed by atoms with Crippen LogP contribution in [0.4, 0.5) is 5.69 Å². The lowest BCUT2D eigenvalue weighted by Crippen LogP contribution is -2.21. The van der Waals surface area contributed by atoms with E-state index < -0.39 is 0 Å². The van der Waals surface area contributed by atoms with E-state index in [1.165, 1.54) is 5.56 Å². The highest BCUT2D eigenvalue weighted by Crippen LogP contribution is 2.25. The molecule has 4 heteroatoms. The second-order valence-electron chi connectivity index (χ2n) is 4.83. The molecule has 0 bridgehead atoms. The van der Waals surface area contributed by atoms with Gasteiger partial charge in [-0.2, -0.15) is 0 Å². The summed E-state index contributed by atoms with van der Waals surface area (Å²) >= 11 is 8.74. The third-order valence-electron chi connectivity index (χ3n) is 3.19. The van der Waals surface area contributed by atoms with Gasteiger partial charge in [-0.15, -0.1) is 0 Å². The van der Waals surface area contributed by atoms with Crippen molar-refractivity contribution in [2.24, 2.45) is 5.73 Å². The first-order chi connectivity index (χ1) is 9.49. The minimum Gasteiger partial charge on any atom is -0.389 e. The summed E-state index contributed by atoms with van der Waals surface area (Å²) in [7, 11) is 2.05. The van der Waals surface area contributed by atoms with E-state index in [1.54, 1.807) is 0 Å². The van der Waals surface area contributed by atoms with Crippen LogP contribution < -0.4 is 10.6 Å². The van der Waals surface area contributed by atoms with Gasteiger partial charge in [0.25, 0.3) is 0 Å². The molecule has 2 nitrogen and oxygen atoms in total. The number of hydrogen-bond donors (Lipinski definition) is 1. The summed E-state index contributed by atoms with van der Waals surface area (Å²) in [6.45, 7) is 2.83. The maximum absolute atomic E-state index is 5.84. The smallest absolute Gasteiger partial charge is 0.106 e. The van der Waals surface area contributed by atoms with E-state index in [4.69, 9.17) is 18.0 Å². The van der Waals surface area contributed by atoms with Gasteiger partial charge in [-0.1, -0.05) is 58.0 Å². The molecule has 0 unspecified atom stereocenters. The molecule has 104 valence electrons. The molecule has 0 spiro atoms. The summed E-state index contributed by atoms with van der Waals surface area (Å²) in [5.74, 6) is 0. The van der Waals surface area contributed by atoms with E-state index in [9.17, 15) is 0 Å². The van der Waals surface area contributed by atoms with Crippen molar-refractivity contribution in [2.75, 3.05) is 11.9 Å². The molecule has 0 radical (unpaired) electrons. The predicted molar refractivity (Wildman–Crippen MR) is 93.3 cm³/mol. The largest absolute Gasteiger partial charge is 0.389 e. The number of halogens is 1. The summed E-state index contributed by atoms with van der Waals surface area (Å²) in [5, 5.41) is 0. The molecule has 0 amide bonds. The van der Waals surface area contributed by atoms with Gasteiger partial charge in [0.2, 0.25) is 0 Å². The Balaban J connectivity index is 2.32. The van der Waals surface area contributed by atoms with Crippen molar-refractivity contribution < 1.29 is 0 Å². The molecule has 0 fully saturated rings. The summed E-state index contributed by atoms with van der Waals surface area (Å²) in [4.78, 5) is 2.59. The lowest BCUT2D eigenvalue weighted by atomic mass is 10.1. The summed E-state index contributed by atoms with van der Waals surface area (Å²) in [6, 6.07) is 14.4. The van der Waals surface area contributed by atoms with Gasteiger partial charge < -0.3 is 10.6 Å². The van der Waals surface area contributed by atoms with E-state index in [0.717, 1.165) is 27.8 Å². The highest BCUT2D eigenvalue weighted by molar-refractivity contribution is 9.10. The number of thiocarbonyl (C=S) groups is 1. The number of hydrogen-bond acceptors (Lipinski definition) is 2. The molecule has 0 aromatic heterocycles. The molecule has 2 rings (SSSR count). The van der Waals surface area contributed by atoms with E-state index in [-0.39, 0.29) is 0 Å². The molecule has 0 aliphatic carbocycles. The van der Waals surface area contributed by atoms with Gasteiger partial charge in [0.1, 0.15) is 4.99 Å². The lowest BCUT2D eigenvalue weighted by molar-refractivity contribution is 0.917. The molecule has 2 N–H and O–H groups in total. The van der Waals surface area contributed by atoms with Crippen molar-refractivity contribution in [3.05, 3.63) is 63.6 Å². The zero-order chi connectivity index (χ0) is 14.7. The van der Waals surface area contributed by atoms with Crippen LogP contribution in [0.15, 0.2) is 46.9 Å². The predicted octanol–water partition coefficient (Wildman–Crippen LogP) is 4.03. The number of benzene rings is 2. The number of nitrogens with two attached hydrogens (primary N) is 1. The normalized spacial score (nSPS) is 10.3. The van der Waals surface area contributed by atoms with Crippen molar-refractivity contribution in [1.82, 2.24) is 0 Å². The van der Waals surface area contributed by atoms with Crippen LogP contribution in [0.5, 0.6) is 0 Å². The van der Waals surface area contributed by atoms with Crippen LogP contribution in [0.25, 0.3) is 0 Å². The minimum absolute atomic E-state index is 0.433. The van der Waals surface area contributed by atoms with Gasteiger partial charge in [0.05, 0.1) is 0 Å². The Hall–Kier alpha value is -1.39. The van der Waals surface area contributed by atoms with Crippen LogP contribution >= 0.6 is 28.1 Å². The van der Waals surface area contributed by atoms with E-state index in [0.29, 0.717) is 4.99 Å². The topological polar surface area (TPSA) is 29.3 Å². The molecule has 0 saturated heterocycles. The van der Waals surface area contributed by atoms with Gasteiger partial charge in [0, 0.05) is 29.3 Å². The molecular formula is C16H17BrN2S. The fourth-order valence-corrected chi connectivity index (χ4v) is 2.72. The Morgan fingerprint density at radius 1 is 1.25 bits per heavy atom. The molecular weight excluding hydrogens is 332 g/mol. The van der Waals surface area contributed by atoms with Crippen LogP contribution in [-0.4, -0.2) is 12.0 Å². The molecule has 2 aromatic rings. The van der Waals surface area contributed by atoms with Crippen molar-refractivity contribution in [3.63, 3.8) is 0 Å². The van der Waals surface area contributed by atoms with Crippen LogP contribution in [0.1, 0.15) is 16.7 Å². The molecule has 0 heterocycles. The SMILES string of the molecule is Cc1ccc(N(C)Cc2ccccc2Br)c(C(N)=S)c1. The lowest BCUT2D eigenvalue weighted by Gasteiger charge is -2.23. The van der Waals surface area contributed by atoms with E-state index >= 15 is 0 Å². The average molecular weight is 349 g/mol. The molecule has 20 heavy (non-hydrogen) atoms. The van der Waals surface area contributed by atoms with Crippen LogP contribution in [0, 0.1) is 6.92 Å². The minimum atomic E-state index is 0.433. The summed E-state index contributed by atoms with van der Waals surface area (Å²) in [6.07, 6.45) is 0. The second-order valence-corrected chi connectivity index (χ2v) is 6.13. The Kier molecular flexibility index (Phi) is 4.78. The Labute approximate surface area is 133 Å². The fourth-order valence-electron chi connectivity index (χ4n) is 2.15. The van der Waals surface area contributed by atoms with Crippen molar-refractivity contribution >= 4 is 38.8 Å². The van der Waals surface area contributed by atoms with Crippen LogP contribution in [-0.2, 0) is 6.54 Å². The van der Waals surface area contributed by atoms with Gasteiger partial charge in [0.15, 0.2) is 0 Å². The monoisotopic (exact) mass is 348 g/mol. The zero-order valence-corrected chi connectivity index (χ0v) is 14.0. The first kappa shape index (κ1) is 15.0. The molecule has 0 aliphatic heterocycles. The summed E-state index contributed by atoms with van der Waals surface area (Å²) in [5.41, 5.74) is 10.2. The average Bonchev–Trinajstić information content (AvgIpc) is 2.41. The van der Waals surface area contributed by atoms with E-state index in [1.807, 2.05) is 38.2 Å². The second kappa shape index (κ2) is 6.37. The van der Waals surface area contributed by atoms with Crippen LogP contribution in [0.3, 0.4) is 0 Å². The maximum Gasteiger partial charge on any atom is 0.106 e. The Morgan fingerprint density at radius 3 is 2.60 bits per heavy atom. The van der Waals surface area contributed by atoms with Gasteiger partial charge in [-0.3, -0.25) is 0 Å². The third kappa shape index (κ3) is 3.38. The van der Waals surface area contributed by atoms with Gasteiger partial charge >= 0.3 is 0 Å². The molecule has 0 aliphatic rings. The van der Waals surface area contributed by atoms with Crippen LogP contribution in [0.2, 0.25) is 0 Å². The highest BCUT2D eigenvalue weighted by atomic mass is 79.9. The quantitative estimate of drug-likeness (QED) is 0.845. The number of anilines is 1. The van der Waals surface area contributed by atoms with Crippen molar-refractivity contribution in [1.29, 1.82) is 0 Å². The molecule has 0 saturated carbocycles. The number of nitrogens with zero attached hydrogens (tertiary/aromatic N) is 1. The van der Waals surface area contributed by atoms with E-state index in [2.05, 4.69) is 39.0 Å². The standard InChI is InChI=1S/C16H17BrN2S/c1-11-7-8-15(13(9-11)16(18)20)19(2)10-12-5-3-4-6-14(12)17/h3-9H,10H2,1-2H3,(H2,18,20). The van der Waals surface area contributed by atoms with Crippen molar-refractivity contribution in [2.45, 2.75) is 13.5 Å². The maximum atomic E-state index is 5.84. The van der Waals surface area contributed by atoms with Gasteiger partial charge in [-0.05, 0) is 30.7 Å². The number of rotatable bonds is 4. The molecule has 2 aromatic carbocycles. The zero-order valence-electron chi connectivity index (χ0n) is 11.6. The van der Waals surface area contributed by atoms with Crippen molar-refractivity contribution in [3.8, 4) is 0 Å². The Bertz CT molecular complexity index is 640. The third-order valence-corrected chi connectivity index (χ3v) is 4.19. The first-order valence-corrected chi connectivity index (χ1v) is 7.54. The number of aryl methyl sites for hydroxylation is 1. The Morgan fingerprint density at radius 2 is 1.95 bits per heavy atom. The highest BCUT2D eigenvalue weighted by Gasteiger charge is 2.11.